The zero-order chi connectivity index (χ0) is 24.2. The molecule has 0 atom stereocenters. The molecule has 0 spiro atoms. The molecule has 1 N–H and O–H groups in total. The number of amidine groups is 1. The van der Waals surface area contributed by atoms with Gasteiger partial charge < -0.3 is 10.2 Å². The highest BCUT2D eigenvalue weighted by Crippen LogP contribution is 2.25. The van der Waals surface area contributed by atoms with Gasteiger partial charge in [-0.2, -0.15) is 0 Å². The van der Waals surface area contributed by atoms with Gasteiger partial charge in [-0.3, -0.25) is 0 Å². The minimum Gasteiger partial charge on any atom is -0.368 e. The van der Waals surface area contributed by atoms with Crippen molar-refractivity contribution in [2.45, 2.75) is 86.1 Å². The van der Waals surface area contributed by atoms with Gasteiger partial charge in [0.1, 0.15) is 11.7 Å². The second-order valence-corrected chi connectivity index (χ2v) is 9.06. The van der Waals surface area contributed by atoms with E-state index >= 15 is 0 Å². The summed E-state index contributed by atoms with van der Waals surface area (Å²) in [6, 6.07) is 9.07. The van der Waals surface area contributed by atoms with Gasteiger partial charge in [-0.15, -0.1) is 0 Å². The van der Waals surface area contributed by atoms with Gasteiger partial charge in [0.2, 0.25) is 0 Å². The molecule has 0 heterocycles. The first-order chi connectivity index (χ1) is 15.9. The van der Waals surface area contributed by atoms with E-state index in [4.69, 9.17) is 9.98 Å². The molecule has 0 amide bonds. The molecule has 1 aromatic rings. The first-order valence-electron chi connectivity index (χ1n) is 12.6. The lowest BCUT2D eigenvalue weighted by Crippen LogP contribution is -2.30. The average Bonchev–Trinajstić information content (AvgIpc) is 3.29. The smallest absolute Gasteiger partial charge is 0.119 e. The molecule has 0 unspecified atom stereocenters. The summed E-state index contributed by atoms with van der Waals surface area (Å²) in [4.78, 5) is 12.5. The van der Waals surface area contributed by atoms with Crippen LogP contribution in [-0.4, -0.2) is 35.6 Å². The summed E-state index contributed by atoms with van der Waals surface area (Å²) in [6.45, 7) is 19.1. The van der Waals surface area contributed by atoms with Crippen LogP contribution in [0.2, 0.25) is 0 Å². The Kier molecular flexibility index (Phi) is 11.2. The molecule has 0 radical (unpaired) electrons. The number of allylic oxidation sites excluding steroid dienone is 3. The van der Waals surface area contributed by atoms with E-state index in [1.165, 1.54) is 31.2 Å². The van der Waals surface area contributed by atoms with E-state index in [1.54, 1.807) is 0 Å². The van der Waals surface area contributed by atoms with Gasteiger partial charge in [0, 0.05) is 30.3 Å². The van der Waals surface area contributed by atoms with Crippen molar-refractivity contribution in [2.75, 3.05) is 13.1 Å². The van der Waals surface area contributed by atoms with Gasteiger partial charge in [-0.05, 0) is 65.5 Å². The fraction of sp³-hybridized carbons (Fsp3) is 0.517. The highest BCUT2D eigenvalue weighted by atomic mass is 15.2. The third-order valence-corrected chi connectivity index (χ3v) is 6.06. The molecule has 1 saturated carbocycles. The number of benzene rings is 1. The van der Waals surface area contributed by atoms with Crippen LogP contribution >= 0.6 is 0 Å². The Hall–Kier alpha value is -2.62. The lowest BCUT2D eigenvalue weighted by Gasteiger charge is -2.24. The van der Waals surface area contributed by atoms with Gasteiger partial charge in [-0.1, -0.05) is 63.1 Å². The molecule has 2 rings (SSSR count). The Morgan fingerprint density at radius 2 is 1.79 bits per heavy atom. The van der Waals surface area contributed by atoms with Gasteiger partial charge in [0.25, 0.3) is 0 Å². The summed E-state index contributed by atoms with van der Waals surface area (Å²) in [5.74, 6) is 1.79. The molecule has 1 fully saturated rings. The zero-order valence-corrected chi connectivity index (χ0v) is 21.7. The van der Waals surface area contributed by atoms with Crippen molar-refractivity contribution in [3.63, 3.8) is 0 Å². The average molecular weight is 449 g/mol. The number of nitrogens with zero attached hydrogens (tertiary/aromatic N) is 3. The molecule has 1 aromatic carbocycles. The zero-order valence-electron chi connectivity index (χ0n) is 21.7. The third-order valence-electron chi connectivity index (χ3n) is 6.06. The van der Waals surface area contributed by atoms with E-state index in [-0.39, 0.29) is 0 Å². The van der Waals surface area contributed by atoms with Crippen LogP contribution in [0, 0.1) is 6.92 Å². The summed E-state index contributed by atoms with van der Waals surface area (Å²) in [5.41, 5.74) is 5.27. The van der Waals surface area contributed by atoms with Crippen molar-refractivity contribution in [1.29, 1.82) is 0 Å². The number of aliphatic imine (C=N–C) groups is 2. The molecule has 4 heteroatoms. The van der Waals surface area contributed by atoms with E-state index < -0.39 is 0 Å². The van der Waals surface area contributed by atoms with E-state index in [1.807, 2.05) is 13.0 Å². The van der Waals surface area contributed by atoms with Crippen LogP contribution in [-0.2, 0) is 0 Å². The van der Waals surface area contributed by atoms with Gasteiger partial charge in [-0.25, -0.2) is 9.98 Å². The Bertz CT molecular complexity index is 892. The predicted octanol–water partition coefficient (Wildman–Crippen LogP) is 7.29. The van der Waals surface area contributed by atoms with Crippen LogP contribution in [0.3, 0.4) is 0 Å². The maximum absolute atomic E-state index is 5.20. The van der Waals surface area contributed by atoms with Crippen LogP contribution in [0.25, 0.3) is 5.70 Å². The van der Waals surface area contributed by atoms with Crippen molar-refractivity contribution < 1.29 is 0 Å². The first-order valence-corrected chi connectivity index (χ1v) is 12.6. The number of aryl methyl sites for hydroxylation is 1. The molecule has 1 aliphatic carbocycles. The molecular formula is C29H44N4. The lowest BCUT2D eigenvalue weighted by molar-refractivity contribution is 0.415. The number of hydrogen-bond donors (Lipinski definition) is 1. The molecule has 0 aliphatic heterocycles. The summed E-state index contributed by atoms with van der Waals surface area (Å²) < 4.78 is 0. The van der Waals surface area contributed by atoms with Crippen molar-refractivity contribution in [3.8, 4) is 0 Å². The monoisotopic (exact) mass is 448 g/mol. The Morgan fingerprint density at radius 3 is 2.36 bits per heavy atom. The topological polar surface area (TPSA) is 40.0 Å². The summed E-state index contributed by atoms with van der Waals surface area (Å²) in [5, 5.41) is 3.52. The van der Waals surface area contributed by atoms with E-state index in [9.17, 15) is 0 Å². The van der Waals surface area contributed by atoms with Crippen molar-refractivity contribution >= 4 is 17.2 Å². The SMILES string of the molecule is C=C(/N=C(\C=C/C)C(/C)=C(/N=C(C)N(CCC)CCC)c1cccc(C)c1)NC1CCCC1. The van der Waals surface area contributed by atoms with Gasteiger partial charge in [0.15, 0.2) is 0 Å². The number of hydrogen-bond acceptors (Lipinski definition) is 3. The molecule has 1 aliphatic rings. The molecule has 4 nitrogen and oxygen atoms in total. The minimum atomic E-state index is 0.491. The standard InChI is InChI=1S/C29H44N4/c1-8-14-28(31-24(6)30-27-17-11-12-18-27)23(5)29(26-16-13-15-22(4)21-26)32-25(7)33(19-9-2)20-10-3/h8,13-16,21,27,30H,6,9-12,17-20H2,1-5,7H3/b14-8-,29-23+,31-28+,32-25?. The first kappa shape index (κ1) is 26.6. The fourth-order valence-electron chi connectivity index (χ4n) is 4.37. The van der Waals surface area contributed by atoms with E-state index in [0.717, 1.165) is 60.1 Å². The number of nitrogens with one attached hydrogen (secondary N) is 1. The van der Waals surface area contributed by atoms with Crippen LogP contribution in [0.5, 0.6) is 0 Å². The molecule has 0 bridgehead atoms. The normalized spacial score (nSPS) is 16.3. The largest absolute Gasteiger partial charge is 0.368 e. The second kappa shape index (κ2) is 13.8. The Labute approximate surface area is 202 Å². The highest BCUT2D eigenvalue weighted by molar-refractivity contribution is 6.13. The quantitative estimate of drug-likeness (QED) is 0.285. The summed E-state index contributed by atoms with van der Waals surface area (Å²) in [6.07, 6.45) is 11.3. The molecule has 0 aromatic heterocycles. The summed E-state index contributed by atoms with van der Waals surface area (Å²) >= 11 is 0. The Morgan fingerprint density at radius 1 is 1.12 bits per heavy atom. The van der Waals surface area contributed by atoms with Gasteiger partial charge >= 0.3 is 0 Å². The molecular weight excluding hydrogens is 404 g/mol. The fourth-order valence-corrected chi connectivity index (χ4v) is 4.37. The van der Waals surface area contributed by atoms with E-state index in [2.05, 4.69) is 81.8 Å². The van der Waals surface area contributed by atoms with Crippen molar-refractivity contribution in [2.24, 2.45) is 9.98 Å². The van der Waals surface area contributed by atoms with Crippen LogP contribution in [0.4, 0.5) is 0 Å². The third kappa shape index (κ3) is 8.34. The van der Waals surface area contributed by atoms with E-state index in [0.29, 0.717) is 6.04 Å². The molecule has 0 saturated heterocycles. The lowest BCUT2D eigenvalue weighted by atomic mass is 10.0. The van der Waals surface area contributed by atoms with Crippen LogP contribution < -0.4 is 5.32 Å². The highest BCUT2D eigenvalue weighted by Gasteiger charge is 2.16. The summed E-state index contributed by atoms with van der Waals surface area (Å²) in [7, 11) is 0. The second-order valence-electron chi connectivity index (χ2n) is 9.06. The predicted molar refractivity (Wildman–Crippen MR) is 146 cm³/mol. The van der Waals surface area contributed by atoms with Crippen LogP contribution in [0.15, 0.2) is 64.4 Å². The Balaban J connectivity index is 2.54. The minimum absolute atomic E-state index is 0.491. The van der Waals surface area contributed by atoms with Crippen molar-refractivity contribution in [3.05, 3.63) is 65.5 Å². The maximum atomic E-state index is 5.20. The van der Waals surface area contributed by atoms with Gasteiger partial charge in [0.05, 0.1) is 11.4 Å². The maximum Gasteiger partial charge on any atom is 0.119 e. The molecule has 33 heavy (non-hydrogen) atoms. The van der Waals surface area contributed by atoms with Crippen LogP contribution in [0.1, 0.15) is 84.3 Å². The molecule has 180 valence electrons. The number of rotatable bonds is 11. The van der Waals surface area contributed by atoms with Crippen molar-refractivity contribution in [1.82, 2.24) is 10.2 Å².